The van der Waals surface area contributed by atoms with Crippen LogP contribution in [0.1, 0.15) is 65.6 Å². The van der Waals surface area contributed by atoms with Gasteiger partial charge in [0.15, 0.2) is 5.13 Å². The SMILES string of the molecule is Cc1ncsc1-c1ccc(CNC(=O)[C@@H]2C[C@@H](O)CN2C(=O)[C@@H](NC(=O)CCNC(=O)c2ccc(C(=O)Nc3nc(-c4ccccn4)cs3)cc2)C(C)(C)C)cc1. The number of likely N-dealkylation sites (tertiary alicyclic amines) is 1. The van der Waals surface area contributed by atoms with E-state index in [1.807, 2.05) is 49.4 Å². The number of pyridine rings is 1. The van der Waals surface area contributed by atoms with E-state index in [9.17, 15) is 29.1 Å². The standard InChI is InChI=1S/C41H44N8O6S2/c1-24-34(57-23-45-24)26-10-8-25(9-11-26)20-44-38(54)32-19-29(50)21-49(32)39(55)35(41(2,3)4)47-33(51)16-18-43-36(52)27-12-14-28(15-13-27)37(53)48-40-46-31(22-56-40)30-7-5-6-17-42-30/h5-15,17,22-23,29,32,35,50H,16,18-21H2,1-4H3,(H,43,52)(H,44,54)(H,47,51)(H,46,48,53)/t29-,32+,35-/m1/s1. The van der Waals surface area contributed by atoms with Crippen molar-refractivity contribution in [2.24, 2.45) is 5.41 Å². The first-order chi connectivity index (χ1) is 27.3. The molecule has 3 aromatic heterocycles. The summed E-state index contributed by atoms with van der Waals surface area (Å²) in [6, 6.07) is 17.4. The minimum absolute atomic E-state index is 0.0150. The lowest BCUT2D eigenvalue weighted by molar-refractivity contribution is -0.144. The number of aryl methyl sites for hydroxylation is 1. The van der Waals surface area contributed by atoms with Gasteiger partial charge < -0.3 is 26.0 Å². The summed E-state index contributed by atoms with van der Waals surface area (Å²) in [4.78, 5) is 81.6. The van der Waals surface area contributed by atoms with Gasteiger partial charge in [-0.1, -0.05) is 51.1 Å². The van der Waals surface area contributed by atoms with E-state index >= 15 is 0 Å². The van der Waals surface area contributed by atoms with E-state index in [1.165, 1.54) is 40.5 Å². The molecular formula is C41H44N8O6S2. The molecule has 0 spiro atoms. The monoisotopic (exact) mass is 808 g/mol. The van der Waals surface area contributed by atoms with Crippen molar-refractivity contribution in [3.8, 4) is 21.8 Å². The number of amides is 5. The van der Waals surface area contributed by atoms with Gasteiger partial charge in [-0.25, -0.2) is 9.97 Å². The Morgan fingerprint density at radius 2 is 1.61 bits per heavy atom. The Morgan fingerprint density at radius 1 is 0.895 bits per heavy atom. The average Bonchev–Trinajstić information content (AvgIpc) is 3.96. The smallest absolute Gasteiger partial charge is 0.257 e. The topological polar surface area (TPSA) is 196 Å². The molecule has 4 heterocycles. The zero-order valence-electron chi connectivity index (χ0n) is 31.9. The van der Waals surface area contributed by atoms with Crippen molar-refractivity contribution in [1.29, 1.82) is 0 Å². The van der Waals surface area contributed by atoms with E-state index in [-0.39, 0.29) is 38.4 Å². The first-order valence-electron chi connectivity index (χ1n) is 18.4. The van der Waals surface area contributed by atoms with Gasteiger partial charge in [-0.2, -0.15) is 0 Å². The highest BCUT2D eigenvalue weighted by molar-refractivity contribution is 7.14. The largest absolute Gasteiger partial charge is 0.391 e. The van der Waals surface area contributed by atoms with E-state index in [0.29, 0.717) is 27.6 Å². The summed E-state index contributed by atoms with van der Waals surface area (Å²) in [5, 5.41) is 23.9. The van der Waals surface area contributed by atoms with Gasteiger partial charge in [0.2, 0.25) is 17.7 Å². The Balaban J connectivity index is 0.979. The number of hydrogen-bond acceptors (Lipinski definition) is 11. The van der Waals surface area contributed by atoms with Crippen LogP contribution < -0.4 is 21.3 Å². The third kappa shape index (κ3) is 10.3. The van der Waals surface area contributed by atoms with E-state index in [1.54, 1.807) is 49.2 Å². The number of aliphatic hydroxyl groups excluding tert-OH is 1. The molecule has 0 aliphatic carbocycles. The van der Waals surface area contributed by atoms with Crippen LogP contribution >= 0.6 is 22.7 Å². The van der Waals surface area contributed by atoms with E-state index in [4.69, 9.17) is 0 Å². The van der Waals surface area contributed by atoms with Crippen LogP contribution in [0.25, 0.3) is 21.8 Å². The van der Waals surface area contributed by atoms with Crippen LogP contribution in [-0.4, -0.2) is 85.8 Å². The van der Waals surface area contributed by atoms with Crippen LogP contribution in [0.2, 0.25) is 0 Å². The number of benzene rings is 2. The Bertz CT molecular complexity index is 2220. The molecule has 5 amide bonds. The van der Waals surface area contributed by atoms with Crippen LogP contribution in [0.15, 0.2) is 83.8 Å². The molecule has 0 unspecified atom stereocenters. The zero-order chi connectivity index (χ0) is 40.7. The maximum absolute atomic E-state index is 14.0. The Labute approximate surface area is 338 Å². The maximum atomic E-state index is 14.0. The molecule has 0 bridgehead atoms. The van der Waals surface area contributed by atoms with Crippen molar-refractivity contribution in [2.45, 2.75) is 65.3 Å². The summed E-state index contributed by atoms with van der Waals surface area (Å²) in [5.41, 5.74) is 5.89. The number of aromatic nitrogens is 3. The number of nitrogens with one attached hydrogen (secondary N) is 4. The summed E-state index contributed by atoms with van der Waals surface area (Å²) in [5.74, 6) is -2.17. The fraction of sp³-hybridized carbons (Fsp3) is 0.317. The summed E-state index contributed by atoms with van der Waals surface area (Å²) >= 11 is 2.84. The van der Waals surface area contributed by atoms with Gasteiger partial charge in [0, 0.05) is 55.2 Å². The van der Waals surface area contributed by atoms with Gasteiger partial charge in [0.05, 0.1) is 27.9 Å². The summed E-state index contributed by atoms with van der Waals surface area (Å²) in [6.07, 6.45) is 0.725. The second-order valence-corrected chi connectivity index (χ2v) is 16.4. The molecule has 16 heteroatoms. The lowest BCUT2D eigenvalue weighted by Crippen LogP contribution is -2.57. The van der Waals surface area contributed by atoms with Gasteiger partial charge in [0.1, 0.15) is 17.8 Å². The van der Waals surface area contributed by atoms with Gasteiger partial charge in [0.25, 0.3) is 11.8 Å². The molecule has 6 rings (SSSR count). The molecule has 5 N–H and O–H groups in total. The fourth-order valence-corrected chi connectivity index (χ4v) is 7.82. The van der Waals surface area contributed by atoms with Crippen LogP contribution in [0.4, 0.5) is 5.13 Å². The van der Waals surface area contributed by atoms with E-state index in [0.717, 1.165) is 21.7 Å². The summed E-state index contributed by atoms with van der Waals surface area (Å²) in [7, 11) is 0. The Kier molecular flexibility index (Phi) is 12.9. The minimum Gasteiger partial charge on any atom is -0.391 e. The quantitative estimate of drug-likeness (QED) is 0.111. The molecule has 5 aromatic rings. The van der Waals surface area contributed by atoms with Gasteiger partial charge in [-0.15, -0.1) is 22.7 Å². The molecule has 1 aliphatic rings. The zero-order valence-corrected chi connectivity index (χ0v) is 33.6. The molecule has 2 aromatic carbocycles. The van der Waals surface area contributed by atoms with Gasteiger partial charge >= 0.3 is 0 Å². The summed E-state index contributed by atoms with van der Waals surface area (Å²) in [6.45, 7) is 7.54. The number of thiazole rings is 2. The van der Waals surface area contributed by atoms with Crippen molar-refractivity contribution in [3.05, 3.63) is 106 Å². The van der Waals surface area contributed by atoms with E-state index < -0.39 is 47.2 Å². The minimum atomic E-state index is -1.01. The van der Waals surface area contributed by atoms with E-state index in [2.05, 4.69) is 36.2 Å². The number of carbonyl (C=O) groups excluding carboxylic acids is 5. The molecule has 14 nitrogen and oxygen atoms in total. The van der Waals surface area contributed by atoms with Crippen LogP contribution in [-0.2, 0) is 20.9 Å². The van der Waals surface area contributed by atoms with Gasteiger partial charge in [-0.3, -0.25) is 34.3 Å². The van der Waals surface area contributed by atoms with Crippen molar-refractivity contribution in [2.75, 3.05) is 18.4 Å². The van der Waals surface area contributed by atoms with Crippen molar-refractivity contribution in [3.63, 3.8) is 0 Å². The number of aliphatic hydroxyl groups is 1. The van der Waals surface area contributed by atoms with Crippen molar-refractivity contribution >= 4 is 57.3 Å². The molecule has 1 saturated heterocycles. The second-order valence-electron chi connectivity index (χ2n) is 14.7. The number of hydrogen-bond donors (Lipinski definition) is 5. The highest BCUT2D eigenvalue weighted by atomic mass is 32.1. The van der Waals surface area contributed by atoms with Crippen LogP contribution in [0.5, 0.6) is 0 Å². The fourth-order valence-electron chi connectivity index (χ4n) is 6.31. The highest BCUT2D eigenvalue weighted by Gasteiger charge is 2.44. The van der Waals surface area contributed by atoms with Crippen LogP contribution in [0.3, 0.4) is 0 Å². The lowest BCUT2D eigenvalue weighted by atomic mass is 9.85. The van der Waals surface area contributed by atoms with Gasteiger partial charge in [-0.05, 0) is 59.9 Å². The predicted molar refractivity (Wildman–Crippen MR) is 218 cm³/mol. The third-order valence-corrected chi connectivity index (χ3v) is 11.1. The first kappa shape index (κ1) is 40.8. The molecule has 296 valence electrons. The molecule has 0 radical (unpaired) electrons. The lowest BCUT2D eigenvalue weighted by Gasteiger charge is -2.35. The maximum Gasteiger partial charge on any atom is 0.257 e. The molecular weight excluding hydrogens is 765 g/mol. The van der Waals surface area contributed by atoms with Crippen molar-refractivity contribution < 1.29 is 29.1 Å². The third-order valence-electron chi connectivity index (χ3n) is 9.41. The Morgan fingerprint density at radius 3 is 2.26 bits per heavy atom. The molecule has 57 heavy (non-hydrogen) atoms. The summed E-state index contributed by atoms with van der Waals surface area (Å²) < 4.78 is 0. The number of carbonyl (C=O) groups is 5. The molecule has 3 atom stereocenters. The Hall–Kier alpha value is -5.84. The number of rotatable bonds is 13. The molecule has 0 saturated carbocycles. The normalized spacial score (nSPS) is 15.8. The molecule has 1 fully saturated rings. The number of nitrogens with zero attached hydrogens (tertiary/aromatic N) is 4. The second kappa shape index (κ2) is 18.0. The first-order valence-corrected chi connectivity index (χ1v) is 20.1. The average molecular weight is 809 g/mol. The predicted octanol–water partition coefficient (Wildman–Crippen LogP) is 4.82. The molecule has 1 aliphatic heterocycles. The van der Waals surface area contributed by atoms with Crippen molar-refractivity contribution in [1.82, 2.24) is 35.8 Å². The van der Waals surface area contributed by atoms with Crippen LogP contribution in [0, 0.1) is 12.3 Å². The number of anilines is 1. The number of β-amino-alcohol motifs (C(OH)–C–C–N with tert-alkyl or cyclic N) is 1. The highest BCUT2D eigenvalue weighted by Crippen LogP contribution is 2.29.